The van der Waals surface area contributed by atoms with Crippen LogP contribution in [0.1, 0.15) is 0 Å². The van der Waals surface area contributed by atoms with E-state index in [0.717, 1.165) is 0 Å². The van der Waals surface area contributed by atoms with Gasteiger partial charge in [-0.1, -0.05) is 11.6 Å². The van der Waals surface area contributed by atoms with Gasteiger partial charge in [-0.3, -0.25) is 4.72 Å². The highest BCUT2D eigenvalue weighted by Gasteiger charge is 2.15. The van der Waals surface area contributed by atoms with Crippen LogP contribution in [-0.4, -0.2) is 34.9 Å². The second-order valence-corrected chi connectivity index (χ2v) is 5.65. The molecule has 1 aromatic carbocycles. The maximum atomic E-state index is 11.6. The predicted molar refractivity (Wildman–Crippen MR) is 71.0 cm³/mol. The van der Waals surface area contributed by atoms with Gasteiger partial charge in [0.1, 0.15) is 11.5 Å². The minimum atomic E-state index is -3.51. The molecule has 0 atom stereocenters. The van der Waals surface area contributed by atoms with Crippen LogP contribution in [0.15, 0.2) is 12.1 Å². The third-order valence-electron chi connectivity index (χ3n) is 2.13. The first kappa shape index (κ1) is 14.9. The van der Waals surface area contributed by atoms with Crippen LogP contribution < -0.4 is 19.9 Å². The van der Waals surface area contributed by atoms with Gasteiger partial charge >= 0.3 is 0 Å². The van der Waals surface area contributed by atoms with Crippen LogP contribution in [0.5, 0.6) is 11.5 Å². The van der Waals surface area contributed by atoms with Gasteiger partial charge in [-0.05, 0) is 6.07 Å². The van der Waals surface area contributed by atoms with Crippen molar-refractivity contribution in [2.24, 2.45) is 5.73 Å². The van der Waals surface area contributed by atoms with Gasteiger partial charge in [0, 0.05) is 12.6 Å². The molecule has 0 spiro atoms. The molecule has 0 saturated carbocycles. The van der Waals surface area contributed by atoms with Crippen LogP contribution in [0, 0.1) is 0 Å². The molecule has 1 aromatic rings. The van der Waals surface area contributed by atoms with Gasteiger partial charge in [-0.15, -0.1) is 0 Å². The number of halogens is 1. The fourth-order valence-electron chi connectivity index (χ4n) is 1.31. The number of benzene rings is 1. The van der Waals surface area contributed by atoms with Crippen LogP contribution in [0.2, 0.25) is 5.02 Å². The van der Waals surface area contributed by atoms with Crippen molar-refractivity contribution in [3.8, 4) is 11.5 Å². The van der Waals surface area contributed by atoms with Crippen molar-refractivity contribution in [1.82, 2.24) is 0 Å². The molecule has 0 saturated heterocycles. The van der Waals surface area contributed by atoms with E-state index < -0.39 is 10.0 Å². The van der Waals surface area contributed by atoms with Gasteiger partial charge in [0.2, 0.25) is 10.0 Å². The third-order valence-corrected chi connectivity index (χ3v) is 3.73. The topological polar surface area (TPSA) is 90.6 Å². The Morgan fingerprint density at radius 1 is 1.28 bits per heavy atom. The monoisotopic (exact) mass is 294 g/mol. The zero-order valence-corrected chi connectivity index (χ0v) is 11.6. The Bertz CT molecular complexity index is 519. The van der Waals surface area contributed by atoms with E-state index in [1.165, 1.54) is 26.4 Å². The number of ether oxygens (including phenoxy) is 2. The number of rotatable bonds is 6. The first-order chi connectivity index (χ1) is 8.43. The lowest BCUT2D eigenvalue weighted by molar-refractivity contribution is 0.396. The average molecular weight is 295 g/mol. The van der Waals surface area contributed by atoms with Gasteiger partial charge in [0.15, 0.2) is 0 Å². The van der Waals surface area contributed by atoms with E-state index in [1.54, 1.807) is 0 Å². The first-order valence-corrected chi connectivity index (χ1v) is 7.08. The molecule has 102 valence electrons. The summed E-state index contributed by atoms with van der Waals surface area (Å²) in [6, 6.07) is 2.93. The molecule has 0 aliphatic rings. The predicted octanol–water partition coefficient (Wildman–Crippen LogP) is 1.06. The highest BCUT2D eigenvalue weighted by molar-refractivity contribution is 7.92. The Kier molecular flexibility index (Phi) is 5.06. The largest absolute Gasteiger partial charge is 0.495 e. The minimum absolute atomic E-state index is 0.0293. The van der Waals surface area contributed by atoms with Crippen molar-refractivity contribution in [2.75, 3.05) is 31.2 Å². The Morgan fingerprint density at radius 2 is 1.89 bits per heavy atom. The van der Waals surface area contributed by atoms with Crippen LogP contribution in [0.3, 0.4) is 0 Å². The maximum Gasteiger partial charge on any atom is 0.234 e. The summed E-state index contributed by atoms with van der Waals surface area (Å²) in [5.74, 6) is 0.534. The molecule has 0 radical (unpaired) electrons. The standard InChI is InChI=1S/C10H15ClN2O4S/c1-16-9-6-10(17-2)8(5-7(9)11)13-18(14,15)4-3-12/h5-6,13H,3-4,12H2,1-2H3. The molecule has 0 aliphatic carbocycles. The Balaban J connectivity index is 3.13. The van der Waals surface area contributed by atoms with Crippen molar-refractivity contribution in [3.05, 3.63) is 17.2 Å². The molecule has 0 unspecified atom stereocenters. The molecule has 0 aromatic heterocycles. The fourth-order valence-corrected chi connectivity index (χ4v) is 2.46. The summed E-state index contributed by atoms with van der Waals surface area (Å²) in [4.78, 5) is 0. The number of methoxy groups -OCH3 is 2. The van der Waals surface area contributed by atoms with E-state index in [4.69, 9.17) is 26.8 Å². The van der Waals surface area contributed by atoms with Gasteiger partial charge in [0.25, 0.3) is 0 Å². The molecule has 3 N–H and O–H groups in total. The van der Waals surface area contributed by atoms with Gasteiger partial charge in [-0.25, -0.2) is 8.42 Å². The Labute approximate surface area is 111 Å². The summed E-state index contributed by atoms with van der Waals surface area (Å²) >= 11 is 5.92. The maximum absolute atomic E-state index is 11.6. The van der Waals surface area contributed by atoms with Crippen LogP contribution in [0.4, 0.5) is 5.69 Å². The lowest BCUT2D eigenvalue weighted by atomic mass is 10.3. The second kappa shape index (κ2) is 6.12. The van der Waals surface area contributed by atoms with Crippen molar-refractivity contribution < 1.29 is 17.9 Å². The lowest BCUT2D eigenvalue weighted by Crippen LogP contribution is -2.22. The summed E-state index contributed by atoms with van der Waals surface area (Å²) in [7, 11) is -0.631. The van der Waals surface area contributed by atoms with Crippen LogP contribution in [0.25, 0.3) is 0 Å². The molecule has 1 rings (SSSR count). The SMILES string of the molecule is COc1cc(OC)c(NS(=O)(=O)CCN)cc1Cl. The molecule has 18 heavy (non-hydrogen) atoms. The van der Waals surface area contributed by atoms with Gasteiger partial charge < -0.3 is 15.2 Å². The molecular formula is C10H15ClN2O4S. The number of sulfonamides is 1. The smallest absolute Gasteiger partial charge is 0.234 e. The summed E-state index contributed by atoms with van der Waals surface area (Å²) in [6.07, 6.45) is 0. The van der Waals surface area contributed by atoms with Crippen molar-refractivity contribution in [2.45, 2.75) is 0 Å². The van der Waals surface area contributed by atoms with E-state index in [0.29, 0.717) is 11.5 Å². The molecule has 8 heteroatoms. The quantitative estimate of drug-likeness (QED) is 0.818. The van der Waals surface area contributed by atoms with Gasteiger partial charge in [-0.2, -0.15) is 0 Å². The lowest BCUT2D eigenvalue weighted by Gasteiger charge is -2.13. The Hall–Kier alpha value is -1.18. The van der Waals surface area contributed by atoms with E-state index in [9.17, 15) is 8.42 Å². The molecule has 0 aliphatic heterocycles. The van der Waals surface area contributed by atoms with Crippen LogP contribution >= 0.6 is 11.6 Å². The van der Waals surface area contributed by atoms with E-state index >= 15 is 0 Å². The first-order valence-electron chi connectivity index (χ1n) is 5.05. The summed E-state index contributed by atoms with van der Waals surface area (Å²) < 4.78 is 35.7. The molecule has 0 amide bonds. The van der Waals surface area contributed by atoms with Crippen molar-refractivity contribution in [3.63, 3.8) is 0 Å². The number of nitrogens with two attached hydrogens (primary N) is 1. The minimum Gasteiger partial charge on any atom is -0.495 e. The normalized spacial score (nSPS) is 11.1. The molecule has 0 heterocycles. The molecule has 0 fully saturated rings. The Morgan fingerprint density at radius 3 is 2.39 bits per heavy atom. The van der Waals surface area contributed by atoms with E-state index in [-0.39, 0.29) is 23.0 Å². The zero-order valence-electron chi connectivity index (χ0n) is 10.1. The zero-order chi connectivity index (χ0) is 13.8. The van der Waals surface area contributed by atoms with E-state index in [1.807, 2.05) is 0 Å². The highest BCUT2D eigenvalue weighted by Crippen LogP contribution is 2.36. The number of hydrogen-bond acceptors (Lipinski definition) is 5. The fraction of sp³-hybridized carbons (Fsp3) is 0.400. The number of anilines is 1. The van der Waals surface area contributed by atoms with Crippen molar-refractivity contribution in [1.29, 1.82) is 0 Å². The third kappa shape index (κ3) is 3.66. The molecular weight excluding hydrogens is 280 g/mol. The van der Waals surface area contributed by atoms with Gasteiger partial charge in [0.05, 0.1) is 30.7 Å². The number of hydrogen-bond donors (Lipinski definition) is 2. The summed E-state index contributed by atoms with van der Waals surface area (Å²) in [5, 5.41) is 0.281. The number of nitrogens with one attached hydrogen (secondary N) is 1. The van der Waals surface area contributed by atoms with E-state index in [2.05, 4.69) is 4.72 Å². The van der Waals surface area contributed by atoms with Crippen LogP contribution in [-0.2, 0) is 10.0 Å². The molecule has 0 bridgehead atoms. The summed E-state index contributed by atoms with van der Waals surface area (Å²) in [6.45, 7) is 0.0293. The molecule has 6 nitrogen and oxygen atoms in total. The highest BCUT2D eigenvalue weighted by atomic mass is 35.5. The second-order valence-electron chi connectivity index (χ2n) is 3.40. The van der Waals surface area contributed by atoms with Crippen molar-refractivity contribution >= 4 is 27.3 Å². The average Bonchev–Trinajstić information content (AvgIpc) is 2.28. The summed E-state index contributed by atoms with van der Waals surface area (Å²) in [5.41, 5.74) is 5.46.